The maximum absolute atomic E-state index is 13.7. The van der Waals surface area contributed by atoms with Crippen molar-refractivity contribution >= 4 is 5.69 Å². The quantitative estimate of drug-likeness (QED) is 0.572. The van der Waals surface area contributed by atoms with Crippen LogP contribution in [0.5, 0.6) is 5.75 Å². The maximum Gasteiger partial charge on any atom is 0.259 e. The van der Waals surface area contributed by atoms with E-state index in [1.165, 1.54) is 24.3 Å². The highest BCUT2D eigenvalue weighted by molar-refractivity contribution is 5.47. The summed E-state index contributed by atoms with van der Waals surface area (Å²) in [7, 11) is 1.57. The van der Waals surface area contributed by atoms with Crippen LogP contribution < -0.4 is 10.5 Å². The van der Waals surface area contributed by atoms with Crippen LogP contribution in [-0.4, -0.2) is 54.5 Å². The molecule has 1 aliphatic heterocycles. The van der Waals surface area contributed by atoms with E-state index in [9.17, 15) is 18.7 Å². The van der Waals surface area contributed by atoms with E-state index in [-0.39, 0.29) is 28.5 Å². The van der Waals surface area contributed by atoms with Crippen molar-refractivity contribution in [3.63, 3.8) is 0 Å². The molecule has 180 valence electrons. The maximum atomic E-state index is 13.7. The molecule has 2 heterocycles. The minimum Gasteiger partial charge on any atom is -0.507 e. The van der Waals surface area contributed by atoms with E-state index in [1.807, 2.05) is 0 Å². The number of nitrogens with zero attached hydrogens (tertiary/aromatic N) is 3. The summed E-state index contributed by atoms with van der Waals surface area (Å²) >= 11 is 0. The predicted octanol–water partition coefficient (Wildman–Crippen LogP) is 3.70. The molecule has 4 rings (SSSR count). The topological polar surface area (TPSA) is 57.9 Å². The number of hydrogen-bond acceptors (Lipinski definition) is 5. The van der Waals surface area contributed by atoms with E-state index < -0.39 is 6.04 Å². The van der Waals surface area contributed by atoms with Gasteiger partial charge in [-0.1, -0.05) is 12.1 Å². The zero-order valence-corrected chi connectivity index (χ0v) is 19.4. The lowest BCUT2D eigenvalue weighted by Gasteiger charge is -2.40. The van der Waals surface area contributed by atoms with Crippen LogP contribution in [0.2, 0.25) is 0 Å². The van der Waals surface area contributed by atoms with Gasteiger partial charge in [0.15, 0.2) is 0 Å². The second kappa shape index (κ2) is 10.4. The van der Waals surface area contributed by atoms with E-state index in [1.54, 1.807) is 48.9 Å². The average molecular weight is 470 g/mol. The van der Waals surface area contributed by atoms with E-state index in [2.05, 4.69) is 9.80 Å². The van der Waals surface area contributed by atoms with Crippen molar-refractivity contribution in [3.8, 4) is 5.75 Å². The minimum atomic E-state index is -0.544. The summed E-state index contributed by atoms with van der Waals surface area (Å²) in [6.07, 6.45) is 0. The minimum absolute atomic E-state index is 0.0774. The van der Waals surface area contributed by atoms with Crippen molar-refractivity contribution < 1.29 is 18.6 Å². The number of piperazine rings is 1. The number of pyridine rings is 1. The zero-order valence-electron chi connectivity index (χ0n) is 19.4. The van der Waals surface area contributed by atoms with E-state index in [0.29, 0.717) is 45.0 Å². The van der Waals surface area contributed by atoms with Gasteiger partial charge in [0, 0.05) is 51.2 Å². The molecule has 3 aromatic rings. The van der Waals surface area contributed by atoms with Gasteiger partial charge in [-0.25, -0.2) is 8.78 Å². The Morgan fingerprint density at radius 3 is 2.15 bits per heavy atom. The first-order valence-corrected chi connectivity index (χ1v) is 11.3. The van der Waals surface area contributed by atoms with Gasteiger partial charge in [0.05, 0.1) is 18.2 Å². The highest BCUT2D eigenvalue weighted by Crippen LogP contribution is 2.34. The highest BCUT2D eigenvalue weighted by atomic mass is 19.1. The van der Waals surface area contributed by atoms with Gasteiger partial charge in [-0.2, -0.15) is 0 Å². The van der Waals surface area contributed by atoms with Gasteiger partial charge in [-0.3, -0.25) is 9.69 Å². The third-order valence-corrected chi connectivity index (χ3v) is 6.37. The number of halogens is 2. The van der Waals surface area contributed by atoms with Crippen molar-refractivity contribution in [2.75, 3.05) is 44.8 Å². The SMILES string of the molecule is COCCn1c(C)cc(O)c(C(c2ccc(F)cc2)N2CCN(c3ccc(F)cc3)CC2)c1=O. The van der Waals surface area contributed by atoms with E-state index >= 15 is 0 Å². The van der Waals surface area contributed by atoms with Crippen molar-refractivity contribution in [1.29, 1.82) is 0 Å². The lowest BCUT2D eigenvalue weighted by Crippen LogP contribution is -2.49. The molecule has 0 amide bonds. The van der Waals surface area contributed by atoms with Crippen LogP contribution in [0, 0.1) is 18.6 Å². The number of hydrogen-bond donors (Lipinski definition) is 1. The van der Waals surface area contributed by atoms with E-state index in [4.69, 9.17) is 4.74 Å². The van der Waals surface area contributed by atoms with E-state index in [0.717, 1.165) is 11.3 Å². The molecule has 1 fully saturated rings. The summed E-state index contributed by atoms with van der Waals surface area (Å²) in [6.45, 7) is 5.02. The van der Waals surface area contributed by atoms with Gasteiger partial charge >= 0.3 is 0 Å². The Labute approximate surface area is 197 Å². The van der Waals surface area contributed by atoms with Gasteiger partial charge < -0.3 is 19.3 Å². The number of aromatic hydroxyl groups is 1. The largest absolute Gasteiger partial charge is 0.507 e. The second-order valence-corrected chi connectivity index (χ2v) is 8.49. The Hall–Kier alpha value is -3.23. The van der Waals surface area contributed by atoms with Gasteiger partial charge in [-0.05, 0) is 55.0 Å². The number of anilines is 1. The summed E-state index contributed by atoms with van der Waals surface area (Å²) in [5.41, 5.74) is 2.28. The van der Waals surface area contributed by atoms with Crippen molar-refractivity contribution in [2.45, 2.75) is 19.5 Å². The molecule has 1 aliphatic rings. The fraction of sp³-hybridized carbons (Fsp3) is 0.346. The summed E-state index contributed by atoms with van der Waals surface area (Å²) in [5, 5.41) is 10.9. The molecule has 0 spiro atoms. The fourth-order valence-electron chi connectivity index (χ4n) is 4.58. The molecule has 0 radical (unpaired) electrons. The molecular formula is C26H29F2N3O3. The number of benzene rings is 2. The van der Waals surface area contributed by atoms with Crippen LogP contribution in [0.3, 0.4) is 0 Å². The Morgan fingerprint density at radius 2 is 1.56 bits per heavy atom. The molecule has 1 N–H and O–H groups in total. The molecule has 6 nitrogen and oxygen atoms in total. The summed E-state index contributed by atoms with van der Waals surface area (Å²) in [5.74, 6) is -0.723. The number of ether oxygens (including phenoxy) is 1. The molecule has 0 bridgehead atoms. The Balaban J connectivity index is 1.70. The van der Waals surface area contributed by atoms with Crippen molar-refractivity contribution in [2.24, 2.45) is 0 Å². The second-order valence-electron chi connectivity index (χ2n) is 8.49. The smallest absolute Gasteiger partial charge is 0.259 e. The summed E-state index contributed by atoms with van der Waals surface area (Å²) in [4.78, 5) is 17.8. The summed E-state index contributed by atoms with van der Waals surface area (Å²) in [6, 6.07) is 13.5. The standard InChI is InChI=1S/C26H29F2N3O3/c1-18-17-23(32)24(26(33)31(18)15-16-34-2)25(19-3-5-20(27)6-4-19)30-13-11-29(12-14-30)22-9-7-21(28)8-10-22/h3-10,17,25,32H,11-16H2,1-2H3. The molecule has 8 heteroatoms. The van der Waals surface area contributed by atoms with Crippen LogP contribution in [-0.2, 0) is 11.3 Å². The lowest BCUT2D eigenvalue weighted by atomic mass is 9.96. The molecule has 1 unspecified atom stereocenters. The fourth-order valence-corrected chi connectivity index (χ4v) is 4.58. The van der Waals surface area contributed by atoms with Crippen LogP contribution in [0.1, 0.15) is 22.9 Å². The highest BCUT2D eigenvalue weighted by Gasteiger charge is 2.31. The molecule has 0 saturated carbocycles. The van der Waals surface area contributed by atoms with Crippen LogP contribution in [0.15, 0.2) is 59.4 Å². The predicted molar refractivity (Wildman–Crippen MR) is 127 cm³/mol. The van der Waals surface area contributed by atoms with Crippen LogP contribution in [0.25, 0.3) is 0 Å². The first-order chi connectivity index (χ1) is 16.4. The lowest BCUT2D eigenvalue weighted by molar-refractivity contribution is 0.183. The monoisotopic (exact) mass is 469 g/mol. The van der Waals surface area contributed by atoms with Crippen LogP contribution in [0.4, 0.5) is 14.5 Å². The number of aryl methyl sites for hydroxylation is 1. The van der Waals surface area contributed by atoms with Crippen molar-refractivity contribution in [3.05, 3.63) is 93.4 Å². The Morgan fingerprint density at radius 1 is 0.971 bits per heavy atom. The van der Waals surface area contributed by atoms with Gasteiger partial charge in [-0.15, -0.1) is 0 Å². The van der Waals surface area contributed by atoms with Gasteiger partial charge in [0.25, 0.3) is 5.56 Å². The molecule has 1 saturated heterocycles. The van der Waals surface area contributed by atoms with Gasteiger partial charge in [0.1, 0.15) is 17.4 Å². The number of methoxy groups -OCH3 is 1. The summed E-state index contributed by atoms with van der Waals surface area (Å²) < 4.78 is 33.8. The van der Waals surface area contributed by atoms with Crippen LogP contribution >= 0.6 is 0 Å². The molecule has 34 heavy (non-hydrogen) atoms. The van der Waals surface area contributed by atoms with Gasteiger partial charge in [0.2, 0.25) is 0 Å². The Bertz CT molecular complexity index is 1170. The number of rotatable bonds is 7. The first-order valence-electron chi connectivity index (χ1n) is 11.3. The normalized spacial score (nSPS) is 15.5. The average Bonchev–Trinajstić information content (AvgIpc) is 2.83. The first kappa shape index (κ1) is 23.9. The zero-order chi connectivity index (χ0) is 24.2. The Kier molecular flexibility index (Phi) is 7.29. The van der Waals surface area contributed by atoms with Crippen molar-refractivity contribution in [1.82, 2.24) is 9.47 Å². The number of aromatic nitrogens is 1. The third-order valence-electron chi connectivity index (χ3n) is 6.37. The molecule has 0 aliphatic carbocycles. The molecular weight excluding hydrogens is 440 g/mol. The molecule has 2 aromatic carbocycles. The molecule has 1 aromatic heterocycles. The third kappa shape index (κ3) is 4.98. The molecule has 1 atom stereocenters.